The van der Waals surface area contributed by atoms with Gasteiger partial charge in [0.15, 0.2) is 0 Å². The number of rotatable bonds is 4. The molecule has 1 radical (unpaired) electrons. The van der Waals surface area contributed by atoms with Gasteiger partial charge in [0.1, 0.15) is 24.2 Å². The number of methoxy groups -OCH3 is 2. The lowest BCUT2D eigenvalue weighted by atomic mass is 10.2. The summed E-state index contributed by atoms with van der Waals surface area (Å²) in [5, 5.41) is 0. The highest BCUT2D eigenvalue weighted by molar-refractivity contribution is 5.92. The van der Waals surface area contributed by atoms with Gasteiger partial charge in [0.2, 0.25) is 0 Å². The Labute approximate surface area is 87.4 Å². The minimum absolute atomic E-state index is 0.238. The summed E-state index contributed by atoms with van der Waals surface area (Å²) in [6, 6.07) is 4.70. The summed E-state index contributed by atoms with van der Waals surface area (Å²) < 4.78 is 9.97. The second kappa shape index (κ2) is 5.21. The van der Waals surface area contributed by atoms with Crippen LogP contribution in [0.4, 0.5) is 0 Å². The monoisotopic (exact) mass is 211 g/mol. The zero-order chi connectivity index (χ0) is 11.3. The summed E-state index contributed by atoms with van der Waals surface area (Å²) in [6.45, 7) is 0. The van der Waals surface area contributed by atoms with Crippen LogP contribution in [0.3, 0.4) is 0 Å². The van der Waals surface area contributed by atoms with Crippen LogP contribution >= 0.6 is 0 Å². The third kappa shape index (κ3) is 2.60. The average molecular weight is 211 g/mol. The highest BCUT2D eigenvalue weighted by Crippen LogP contribution is 2.25. The van der Waals surface area contributed by atoms with E-state index in [4.69, 9.17) is 9.47 Å². The molecule has 0 unspecified atom stereocenters. The molecular weight excluding hydrogens is 200 g/mol. The first-order chi connectivity index (χ1) is 7.22. The van der Waals surface area contributed by atoms with Gasteiger partial charge >= 0.3 is 5.97 Å². The van der Waals surface area contributed by atoms with Crippen LogP contribution in [0.25, 0.3) is 0 Å². The lowest BCUT2D eigenvalue weighted by Gasteiger charge is -2.08. The van der Waals surface area contributed by atoms with Gasteiger partial charge < -0.3 is 9.47 Å². The fraction of sp³-hybridized carbons (Fsp3) is 0.200. The fourth-order valence-electron chi connectivity index (χ4n) is 1.07. The van der Waals surface area contributed by atoms with Crippen LogP contribution in [-0.4, -0.2) is 20.2 Å². The number of carbonyl (C=O) groups excluding carboxylic acids is 1. The molecule has 15 heavy (non-hydrogen) atoms. The van der Waals surface area contributed by atoms with Crippen molar-refractivity contribution in [3.63, 3.8) is 0 Å². The first kappa shape index (κ1) is 11.3. The van der Waals surface area contributed by atoms with Gasteiger partial charge in [0.05, 0.1) is 14.2 Å². The summed E-state index contributed by atoms with van der Waals surface area (Å²) in [6.07, 6.45) is 0. The van der Waals surface area contributed by atoms with Gasteiger partial charge in [-0.2, -0.15) is 4.89 Å². The van der Waals surface area contributed by atoms with Crippen molar-refractivity contribution < 1.29 is 24.0 Å². The molecule has 1 aromatic rings. The topological polar surface area (TPSA) is 54.0 Å². The van der Waals surface area contributed by atoms with E-state index in [1.165, 1.54) is 20.3 Å². The van der Waals surface area contributed by atoms with Crippen molar-refractivity contribution in [2.45, 2.75) is 0 Å². The SMILES string of the molecule is [CH2]OOC(=O)c1ccc(OC)cc1OC. The normalized spacial score (nSPS) is 9.53. The maximum atomic E-state index is 11.3. The molecule has 0 aliphatic rings. The molecule has 0 saturated heterocycles. The molecular formula is C10H11O5. The number of benzene rings is 1. The molecule has 0 N–H and O–H groups in total. The predicted octanol–water partition coefficient (Wildman–Crippen LogP) is 1.58. The Kier molecular flexibility index (Phi) is 3.93. The van der Waals surface area contributed by atoms with Gasteiger partial charge in [0, 0.05) is 6.07 Å². The van der Waals surface area contributed by atoms with Crippen LogP contribution in [-0.2, 0) is 9.78 Å². The summed E-state index contributed by atoms with van der Waals surface area (Å²) in [5.74, 6) is 0.250. The molecule has 0 fully saturated rings. The molecule has 0 aromatic heterocycles. The Morgan fingerprint density at radius 3 is 2.53 bits per heavy atom. The van der Waals surface area contributed by atoms with Gasteiger partial charge in [-0.3, -0.25) is 4.89 Å². The number of hydrogen-bond acceptors (Lipinski definition) is 5. The fourth-order valence-corrected chi connectivity index (χ4v) is 1.07. The van der Waals surface area contributed by atoms with Gasteiger partial charge in [0.25, 0.3) is 0 Å². The summed E-state index contributed by atoms with van der Waals surface area (Å²) in [5.41, 5.74) is 0.238. The van der Waals surface area contributed by atoms with Crippen LogP contribution in [0.2, 0.25) is 0 Å². The Morgan fingerprint density at radius 2 is 2.00 bits per heavy atom. The van der Waals surface area contributed by atoms with E-state index in [1.54, 1.807) is 12.1 Å². The number of hydrogen-bond donors (Lipinski definition) is 0. The van der Waals surface area contributed by atoms with Crippen LogP contribution in [0.1, 0.15) is 10.4 Å². The maximum absolute atomic E-state index is 11.3. The minimum Gasteiger partial charge on any atom is -0.497 e. The Hall–Kier alpha value is -1.75. The van der Waals surface area contributed by atoms with Gasteiger partial charge in [-0.25, -0.2) is 4.79 Å². The zero-order valence-electron chi connectivity index (χ0n) is 8.48. The number of ether oxygens (including phenoxy) is 2. The minimum atomic E-state index is -0.676. The predicted molar refractivity (Wildman–Crippen MR) is 51.4 cm³/mol. The molecule has 0 amide bonds. The number of carbonyl (C=O) groups is 1. The Bertz CT molecular complexity index is 348. The van der Waals surface area contributed by atoms with Crippen molar-refractivity contribution in [2.24, 2.45) is 0 Å². The first-order valence-electron chi connectivity index (χ1n) is 4.08. The highest BCUT2D eigenvalue weighted by atomic mass is 17.2. The zero-order valence-corrected chi connectivity index (χ0v) is 8.48. The molecule has 5 heteroatoms. The second-order valence-corrected chi connectivity index (χ2v) is 2.55. The third-order valence-electron chi connectivity index (χ3n) is 1.76. The quantitative estimate of drug-likeness (QED) is 0.559. The smallest absolute Gasteiger partial charge is 0.376 e. The van der Waals surface area contributed by atoms with Gasteiger partial charge in [-0.1, -0.05) is 0 Å². The molecule has 0 spiro atoms. The Balaban J connectivity index is 3.02. The molecule has 0 atom stereocenters. The maximum Gasteiger partial charge on any atom is 0.376 e. The molecule has 0 bridgehead atoms. The summed E-state index contributed by atoms with van der Waals surface area (Å²) in [4.78, 5) is 19.6. The first-order valence-corrected chi connectivity index (χ1v) is 4.08. The van der Waals surface area contributed by atoms with E-state index < -0.39 is 5.97 Å². The van der Waals surface area contributed by atoms with Crippen molar-refractivity contribution in [2.75, 3.05) is 14.2 Å². The lowest BCUT2D eigenvalue weighted by molar-refractivity contribution is -0.195. The van der Waals surface area contributed by atoms with E-state index >= 15 is 0 Å². The van der Waals surface area contributed by atoms with Crippen LogP contribution in [0.5, 0.6) is 11.5 Å². The van der Waals surface area contributed by atoms with Crippen LogP contribution < -0.4 is 9.47 Å². The van der Waals surface area contributed by atoms with E-state index in [1.807, 2.05) is 0 Å². The van der Waals surface area contributed by atoms with Crippen LogP contribution in [0, 0.1) is 7.11 Å². The molecule has 0 aliphatic carbocycles. The molecule has 5 nitrogen and oxygen atoms in total. The van der Waals surface area contributed by atoms with Crippen molar-refractivity contribution >= 4 is 5.97 Å². The van der Waals surface area contributed by atoms with Gasteiger partial charge in [-0.15, -0.1) is 0 Å². The van der Waals surface area contributed by atoms with E-state index in [0.717, 1.165) is 0 Å². The molecule has 0 heterocycles. The summed E-state index contributed by atoms with van der Waals surface area (Å²) in [7, 11) is 5.89. The van der Waals surface area contributed by atoms with Crippen molar-refractivity contribution in [3.05, 3.63) is 30.9 Å². The molecule has 0 saturated carbocycles. The van der Waals surface area contributed by atoms with E-state index in [2.05, 4.69) is 16.9 Å². The van der Waals surface area contributed by atoms with Crippen molar-refractivity contribution in [1.82, 2.24) is 0 Å². The lowest BCUT2D eigenvalue weighted by Crippen LogP contribution is -2.05. The van der Waals surface area contributed by atoms with Crippen molar-refractivity contribution in [3.8, 4) is 11.5 Å². The standard InChI is InChI=1S/C10H11O5/c1-12-7-4-5-8(9(6-7)13-2)10(11)15-14-3/h4-6H,3H2,1-2H3. The van der Waals surface area contributed by atoms with E-state index in [9.17, 15) is 4.79 Å². The Morgan fingerprint density at radius 1 is 1.27 bits per heavy atom. The molecule has 1 rings (SSSR count). The van der Waals surface area contributed by atoms with E-state index in [0.29, 0.717) is 11.5 Å². The summed E-state index contributed by atoms with van der Waals surface area (Å²) >= 11 is 0. The van der Waals surface area contributed by atoms with Gasteiger partial charge in [-0.05, 0) is 12.1 Å². The molecule has 0 aliphatic heterocycles. The molecule has 1 aromatic carbocycles. The second-order valence-electron chi connectivity index (χ2n) is 2.55. The van der Waals surface area contributed by atoms with Crippen LogP contribution in [0.15, 0.2) is 18.2 Å². The van der Waals surface area contributed by atoms with E-state index in [-0.39, 0.29) is 5.56 Å². The molecule has 81 valence electrons. The largest absolute Gasteiger partial charge is 0.497 e. The third-order valence-corrected chi connectivity index (χ3v) is 1.76. The average Bonchev–Trinajstić information content (AvgIpc) is 2.28. The highest BCUT2D eigenvalue weighted by Gasteiger charge is 2.15. The van der Waals surface area contributed by atoms with Crippen molar-refractivity contribution in [1.29, 1.82) is 0 Å².